The molecule has 4 aromatic rings. The predicted octanol–water partition coefficient (Wildman–Crippen LogP) is 8.21. The highest BCUT2D eigenvalue weighted by molar-refractivity contribution is 5.99. The summed E-state index contributed by atoms with van der Waals surface area (Å²) in [6, 6.07) is 29.7. The maximum absolute atomic E-state index is 14.3. The molecule has 0 unspecified atom stereocenters. The van der Waals surface area contributed by atoms with Crippen molar-refractivity contribution in [1.82, 2.24) is 0 Å². The van der Waals surface area contributed by atoms with Crippen LogP contribution in [0.25, 0.3) is 33.7 Å². The largest absolute Gasteiger partial charge is 0.330 e. The van der Waals surface area contributed by atoms with E-state index in [1.165, 1.54) is 21.5 Å². The van der Waals surface area contributed by atoms with Crippen LogP contribution in [0.2, 0.25) is 0 Å². The number of ketones is 1. The molecule has 1 saturated carbocycles. The Hall–Kier alpha value is -4.05. The van der Waals surface area contributed by atoms with Crippen LogP contribution in [0.3, 0.4) is 0 Å². The van der Waals surface area contributed by atoms with Gasteiger partial charge in [-0.2, -0.15) is 0 Å². The van der Waals surface area contributed by atoms with Crippen LogP contribution in [-0.4, -0.2) is 23.3 Å². The molecule has 2 bridgehead atoms. The molecule has 4 aliphatic rings. The average Bonchev–Trinajstić information content (AvgIpc) is 3.44. The number of rotatable bonds is 2. The summed E-state index contributed by atoms with van der Waals surface area (Å²) in [4.78, 5) is 14.3. The molecule has 0 aromatic heterocycles. The van der Waals surface area contributed by atoms with E-state index in [4.69, 9.17) is 9.47 Å². The van der Waals surface area contributed by atoms with Crippen molar-refractivity contribution in [2.45, 2.75) is 43.7 Å². The number of ether oxygens (including phenoxy) is 2. The monoisotopic (exact) mass is 522 g/mol. The Morgan fingerprint density at radius 2 is 1.27 bits per heavy atom. The van der Waals surface area contributed by atoms with Crippen molar-refractivity contribution in [2.75, 3.05) is 0 Å². The van der Waals surface area contributed by atoms with Crippen LogP contribution in [0.5, 0.6) is 0 Å². The third-order valence-electron chi connectivity index (χ3n) is 9.46. The van der Waals surface area contributed by atoms with E-state index in [2.05, 4.69) is 97.1 Å². The van der Waals surface area contributed by atoms with Crippen molar-refractivity contribution >= 4 is 39.5 Å². The first-order chi connectivity index (χ1) is 19.5. The maximum atomic E-state index is 14.3. The highest BCUT2D eigenvalue weighted by Gasteiger charge is 2.76. The van der Waals surface area contributed by atoms with Crippen LogP contribution < -0.4 is 0 Å². The SMILES string of the molecule is C[C@]12C=CC=C[C@@]13O[C@@H](C2=O)C1(O3)/C(=C/c2cccc3ccccc23)CCC/C1=C\c1cccc2ccccc12. The molecule has 0 N–H and O–H groups in total. The van der Waals surface area contributed by atoms with E-state index in [0.29, 0.717) is 0 Å². The van der Waals surface area contributed by atoms with Gasteiger partial charge in [-0.1, -0.05) is 115 Å². The van der Waals surface area contributed by atoms with E-state index in [-0.39, 0.29) is 5.78 Å². The summed E-state index contributed by atoms with van der Waals surface area (Å²) >= 11 is 0. The Kier molecular flexibility index (Phi) is 5.04. The standard InChI is InChI=1S/C37H30O3/c1-35-21-6-7-22-36(35)39-34(33(35)38)37(40-36)29(23-27-15-8-13-25-11-2-4-19-31(25)27)17-10-18-30(37)24-28-16-9-14-26-12-3-5-20-32(26)28/h2-9,11-16,19-24,34H,10,17-18H2,1H3/b29-23+,30-24+/t34-,35+,36-/m0/s1. The number of Topliss-reactive ketones (excluding diaryl/α,β-unsaturated/α-hetero) is 1. The molecule has 3 nitrogen and oxygen atoms in total. The Balaban J connectivity index is 1.37. The second-order valence-corrected chi connectivity index (χ2v) is 11.6. The quantitative estimate of drug-likeness (QED) is 0.266. The first kappa shape index (κ1) is 23.8. The molecule has 2 spiro atoms. The first-order valence-electron chi connectivity index (χ1n) is 14.2. The second kappa shape index (κ2) is 8.47. The summed E-state index contributed by atoms with van der Waals surface area (Å²) in [6.07, 6.45) is 14.3. The first-order valence-corrected chi connectivity index (χ1v) is 14.2. The zero-order valence-corrected chi connectivity index (χ0v) is 22.5. The van der Waals surface area contributed by atoms with Crippen LogP contribution in [0.15, 0.2) is 120 Å². The van der Waals surface area contributed by atoms with Gasteiger partial charge in [0.25, 0.3) is 0 Å². The molecular formula is C37H30O3. The summed E-state index contributed by atoms with van der Waals surface area (Å²) in [5, 5.41) is 4.77. The smallest absolute Gasteiger partial charge is 0.206 e. The Morgan fingerprint density at radius 1 is 0.725 bits per heavy atom. The average molecular weight is 523 g/mol. The molecule has 2 aliphatic heterocycles. The van der Waals surface area contributed by atoms with Crippen LogP contribution in [0, 0.1) is 5.41 Å². The maximum Gasteiger partial charge on any atom is 0.206 e. The van der Waals surface area contributed by atoms with Crippen LogP contribution in [0.1, 0.15) is 37.3 Å². The molecule has 196 valence electrons. The lowest BCUT2D eigenvalue weighted by molar-refractivity contribution is -0.184. The fraction of sp³-hybridized carbons (Fsp3) is 0.216. The molecule has 40 heavy (non-hydrogen) atoms. The number of allylic oxidation sites excluding steroid dienone is 2. The van der Waals surface area contributed by atoms with Crippen molar-refractivity contribution in [3.63, 3.8) is 0 Å². The van der Waals surface area contributed by atoms with Crippen molar-refractivity contribution in [1.29, 1.82) is 0 Å². The topological polar surface area (TPSA) is 35.5 Å². The summed E-state index contributed by atoms with van der Waals surface area (Å²) in [6.45, 7) is 1.95. The molecule has 0 amide bonds. The number of hydrogen-bond donors (Lipinski definition) is 0. The summed E-state index contributed by atoms with van der Waals surface area (Å²) in [7, 11) is 0. The number of benzene rings is 4. The third-order valence-corrected chi connectivity index (χ3v) is 9.46. The van der Waals surface area contributed by atoms with Gasteiger partial charge >= 0.3 is 0 Å². The number of carbonyl (C=O) groups excluding carboxylic acids is 1. The normalized spacial score (nSPS) is 32.6. The van der Waals surface area contributed by atoms with E-state index >= 15 is 0 Å². The highest BCUT2D eigenvalue weighted by Crippen LogP contribution is 2.64. The van der Waals surface area contributed by atoms with Gasteiger partial charge in [0.2, 0.25) is 5.79 Å². The molecule has 3 heteroatoms. The van der Waals surface area contributed by atoms with Crippen molar-refractivity contribution < 1.29 is 14.3 Å². The number of carbonyl (C=O) groups is 1. The fourth-order valence-corrected chi connectivity index (χ4v) is 7.36. The molecule has 3 fully saturated rings. The van der Waals surface area contributed by atoms with E-state index in [9.17, 15) is 4.79 Å². The molecule has 0 radical (unpaired) electrons. The highest BCUT2D eigenvalue weighted by atomic mass is 16.8. The molecule has 2 saturated heterocycles. The van der Waals surface area contributed by atoms with E-state index in [1.807, 2.05) is 31.2 Å². The van der Waals surface area contributed by atoms with Crippen molar-refractivity contribution in [3.05, 3.63) is 132 Å². The van der Waals surface area contributed by atoms with Gasteiger partial charge in [0, 0.05) is 0 Å². The van der Waals surface area contributed by atoms with E-state index < -0.39 is 22.9 Å². The van der Waals surface area contributed by atoms with Gasteiger partial charge in [-0.25, -0.2) is 0 Å². The van der Waals surface area contributed by atoms with Crippen LogP contribution >= 0.6 is 0 Å². The van der Waals surface area contributed by atoms with Crippen LogP contribution in [0.4, 0.5) is 0 Å². The van der Waals surface area contributed by atoms with Gasteiger partial charge in [0.1, 0.15) is 11.0 Å². The van der Waals surface area contributed by atoms with Gasteiger partial charge in [0.15, 0.2) is 11.9 Å². The lowest BCUT2D eigenvalue weighted by Gasteiger charge is -2.48. The third kappa shape index (κ3) is 3.11. The zero-order valence-electron chi connectivity index (χ0n) is 22.5. The molecule has 2 aliphatic carbocycles. The summed E-state index contributed by atoms with van der Waals surface area (Å²) < 4.78 is 13.9. The second-order valence-electron chi connectivity index (χ2n) is 11.6. The molecule has 3 atom stereocenters. The van der Waals surface area contributed by atoms with Gasteiger partial charge in [-0.3, -0.25) is 4.79 Å². The fourth-order valence-electron chi connectivity index (χ4n) is 7.36. The number of fused-ring (bicyclic) bond motifs is 4. The van der Waals surface area contributed by atoms with Crippen molar-refractivity contribution in [3.8, 4) is 0 Å². The molecule has 8 rings (SSSR count). The zero-order chi connectivity index (χ0) is 27.0. The summed E-state index contributed by atoms with van der Waals surface area (Å²) in [5.41, 5.74) is 2.69. The van der Waals surface area contributed by atoms with Crippen LogP contribution in [-0.2, 0) is 14.3 Å². The number of hydrogen-bond acceptors (Lipinski definition) is 3. The summed E-state index contributed by atoms with van der Waals surface area (Å²) in [5.74, 6) is -1.02. The molecule has 2 heterocycles. The minimum absolute atomic E-state index is 0.0916. The lowest BCUT2D eigenvalue weighted by Crippen LogP contribution is -2.60. The Morgan fingerprint density at radius 3 is 1.90 bits per heavy atom. The van der Waals surface area contributed by atoms with Crippen molar-refractivity contribution in [2.24, 2.45) is 5.41 Å². The van der Waals surface area contributed by atoms with Gasteiger partial charge < -0.3 is 9.47 Å². The van der Waals surface area contributed by atoms with Gasteiger partial charge in [0.05, 0.1) is 0 Å². The molecular weight excluding hydrogens is 492 g/mol. The molecule has 4 aromatic carbocycles. The Bertz CT molecular complexity index is 1730. The lowest BCUT2D eigenvalue weighted by atomic mass is 9.64. The van der Waals surface area contributed by atoms with E-state index in [0.717, 1.165) is 41.5 Å². The minimum atomic E-state index is -1.11. The van der Waals surface area contributed by atoms with E-state index in [1.54, 1.807) is 0 Å². The predicted molar refractivity (Wildman–Crippen MR) is 161 cm³/mol. The van der Waals surface area contributed by atoms with Gasteiger partial charge in [-0.15, -0.1) is 0 Å². The van der Waals surface area contributed by atoms with Gasteiger partial charge in [-0.05, 0) is 76.1 Å². The minimum Gasteiger partial charge on any atom is -0.330 e. The Labute approximate surface area is 234 Å².